The number of rotatable bonds is 14. The Labute approximate surface area is 187 Å². The van der Waals surface area contributed by atoms with E-state index in [1.807, 2.05) is 41.3 Å². The third-order valence-corrected chi connectivity index (χ3v) is 5.96. The van der Waals surface area contributed by atoms with E-state index >= 15 is 0 Å². The van der Waals surface area contributed by atoms with Gasteiger partial charge in [0, 0.05) is 50.5 Å². The molecule has 0 spiro atoms. The highest BCUT2D eigenvalue weighted by Gasteiger charge is 2.16. The minimum atomic E-state index is 0.679. The van der Waals surface area contributed by atoms with Crippen LogP contribution >= 0.6 is 11.8 Å². The van der Waals surface area contributed by atoms with Gasteiger partial charge in [0.2, 0.25) is 0 Å². The van der Waals surface area contributed by atoms with Crippen molar-refractivity contribution in [3.63, 3.8) is 0 Å². The zero-order chi connectivity index (χ0) is 21.9. The van der Waals surface area contributed by atoms with Crippen LogP contribution in [0, 0.1) is 0 Å². The quantitative estimate of drug-likeness (QED) is 0.272. The predicted octanol–water partition coefficient (Wildman–Crippen LogP) is 4.16. The fourth-order valence-electron chi connectivity index (χ4n) is 3.30. The van der Waals surface area contributed by atoms with Crippen molar-refractivity contribution in [1.29, 1.82) is 0 Å². The third kappa shape index (κ3) is 6.48. The van der Waals surface area contributed by atoms with Crippen LogP contribution < -0.4 is 9.47 Å². The number of hydrogen-bond donors (Lipinski definition) is 0. The molecule has 1 aromatic carbocycles. The first-order valence-corrected chi connectivity index (χ1v) is 11.5. The SMILES string of the molecule is COCCCn1c(SCCCCCn2cccn2)nnc1-c1ccc(OC)c(OC)c1. The van der Waals surface area contributed by atoms with E-state index in [2.05, 4.69) is 19.9 Å². The van der Waals surface area contributed by atoms with Crippen molar-refractivity contribution in [2.24, 2.45) is 0 Å². The van der Waals surface area contributed by atoms with E-state index in [9.17, 15) is 0 Å². The van der Waals surface area contributed by atoms with Gasteiger partial charge in [-0.25, -0.2) is 0 Å². The molecule has 0 unspecified atom stereocenters. The number of hydrogen-bond acceptors (Lipinski definition) is 7. The Morgan fingerprint density at radius 1 is 0.935 bits per heavy atom. The number of aromatic nitrogens is 5. The number of unbranched alkanes of at least 4 members (excludes halogenated alkanes) is 2. The minimum absolute atomic E-state index is 0.679. The van der Waals surface area contributed by atoms with Crippen LogP contribution in [0.1, 0.15) is 25.7 Å². The van der Waals surface area contributed by atoms with Crippen LogP contribution in [0.4, 0.5) is 0 Å². The summed E-state index contributed by atoms with van der Waals surface area (Å²) in [6, 6.07) is 7.79. The van der Waals surface area contributed by atoms with Crippen molar-refractivity contribution in [2.45, 2.75) is 43.9 Å². The van der Waals surface area contributed by atoms with Gasteiger partial charge >= 0.3 is 0 Å². The Morgan fingerprint density at radius 3 is 2.55 bits per heavy atom. The van der Waals surface area contributed by atoms with Crippen LogP contribution in [0.5, 0.6) is 11.5 Å². The fourth-order valence-corrected chi connectivity index (χ4v) is 4.26. The maximum Gasteiger partial charge on any atom is 0.191 e. The molecule has 0 amide bonds. The molecule has 8 nitrogen and oxygen atoms in total. The number of thioether (sulfide) groups is 1. The molecule has 9 heteroatoms. The first-order valence-electron chi connectivity index (χ1n) is 10.5. The predicted molar refractivity (Wildman–Crippen MR) is 122 cm³/mol. The number of benzene rings is 1. The van der Waals surface area contributed by atoms with Crippen LogP contribution in [0.2, 0.25) is 0 Å². The second-order valence-corrected chi connectivity index (χ2v) is 8.11. The summed E-state index contributed by atoms with van der Waals surface area (Å²) >= 11 is 1.76. The standard InChI is InChI=1S/C22H31N5O3S/c1-28-15-8-14-27-21(18-9-10-19(29-2)20(17-18)30-3)24-25-22(27)31-16-6-4-5-12-26-13-7-11-23-26/h7,9-11,13,17H,4-6,8,12,14-16H2,1-3H3. The molecule has 0 N–H and O–H groups in total. The molecule has 0 fully saturated rings. The van der Waals surface area contributed by atoms with E-state index in [0.29, 0.717) is 18.1 Å². The van der Waals surface area contributed by atoms with Crippen molar-refractivity contribution in [3.8, 4) is 22.9 Å². The molecular weight excluding hydrogens is 414 g/mol. The highest BCUT2D eigenvalue weighted by molar-refractivity contribution is 7.99. The molecule has 168 valence electrons. The zero-order valence-corrected chi connectivity index (χ0v) is 19.3. The summed E-state index contributed by atoms with van der Waals surface area (Å²) in [5, 5.41) is 14.1. The van der Waals surface area contributed by atoms with Crippen molar-refractivity contribution < 1.29 is 14.2 Å². The van der Waals surface area contributed by atoms with Gasteiger partial charge in [0.25, 0.3) is 0 Å². The first kappa shape index (κ1) is 23.1. The average molecular weight is 446 g/mol. The molecular formula is C22H31N5O3S. The van der Waals surface area contributed by atoms with Crippen LogP contribution in [-0.4, -0.2) is 58.2 Å². The van der Waals surface area contributed by atoms with E-state index in [1.165, 1.54) is 0 Å². The summed E-state index contributed by atoms with van der Waals surface area (Å²) in [5.41, 5.74) is 0.952. The van der Waals surface area contributed by atoms with Crippen molar-refractivity contribution in [3.05, 3.63) is 36.7 Å². The summed E-state index contributed by atoms with van der Waals surface area (Å²) in [5.74, 6) is 3.21. The maximum absolute atomic E-state index is 5.46. The van der Waals surface area contributed by atoms with Gasteiger partial charge in [-0.2, -0.15) is 5.10 Å². The van der Waals surface area contributed by atoms with E-state index in [1.54, 1.807) is 33.1 Å². The lowest BCUT2D eigenvalue weighted by Crippen LogP contribution is -2.06. The van der Waals surface area contributed by atoms with E-state index in [-0.39, 0.29) is 0 Å². The first-order chi connectivity index (χ1) is 15.3. The molecule has 3 aromatic rings. The Hall–Kier alpha value is -2.52. The van der Waals surface area contributed by atoms with Crippen molar-refractivity contribution in [2.75, 3.05) is 33.7 Å². The molecule has 0 saturated carbocycles. The van der Waals surface area contributed by atoms with Crippen LogP contribution in [0.3, 0.4) is 0 Å². The summed E-state index contributed by atoms with van der Waals surface area (Å²) in [6.07, 6.45) is 8.14. The van der Waals surface area contributed by atoms with Crippen molar-refractivity contribution >= 4 is 11.8 Å². The Balaban J connectivity index is 1.63. The average Bonchev–Trinajstić information content (AvgIpc) is 3.46. The van der Waals surface area contributed by atoms with E-state index < -0.39 is 0 Å². The Kier molecular flexibility index (Phi) is 9.23. The highest BCUT2D eigenvalue weighted by Crippen LogP contribution is 2.33. The van der Waals surface area contributed by atoms with Gasteiger partial charge in [-0.1, -0.05) is 18.2 Å². The van der Waals surface area contributed by atoms with Crippen molar-refractivity contribution in [1.82, 2.24) is 24.5 Å². The lowest BCUT2D eigenvalue weighted by Gasteiger charge is -2.12. The number of aryl methyl sites for hydroxylation is 1. The Morgan fingerprint density at radius 2 is 1.81 bits per heavy atom. The van der Waals surface area contributed by atoms with Gasteiger partial charge in [0.05, 0.1) is 14.2 Å². The van der Waals surface area contributed by atoms with Gasteiger partial charge in [0.15, 0.2) is 22.5 Å². The molecule has 2 aromatic heterocycles. The lowest BCUT2D eigenvalue weighted by molar-refractivity contribution is 0.189. The van der Waals surface area contributed by atoms with E-state index in [4.69, 9.17) is 14.2 Å². The topological polar surface area (TPSA) is 76.2 Å². The monoisotopic (exact) mass is 445 g/mol. The molecule has 0 atom stereocenters. The number of methoxy groups -OCH3 is 3. The largest absolute Gasteiger partial charge is 0.493 e. The molecule has 0 radical (unpaired) electrons. The second-order valence-electron chi connectivity index (χ2n) is 7.05. The molecule has 3 rings (SSSR count). The summed E-state index contributed by atoms with van der Waals surface area (Å²) in [4.78, 5) is 0. The van der Waals surface area contributed by atoms with Gasteiger partial charge in [-0.3, -0.25) is 4.68 Å². The van der Waals surface area contributed by atoms with Gasteiger partial charge in [-0.15, -0.1) is 10.2 Å². The molecule has 0 aliphatic carbocycles. The molecule has 0 bridgehead atoms. The minimum Gasteiger partial charge on any atom is -0.493 e. The summed E-state index contributed by atoms with van der Waals surface area (Å²) in [7, 11) is 4.99. The molecule has 0 saturated heterocycles. The highest BCUT2D eigenvalue weighted by atomic mass is 32.2. The lowest BCUT2D eigenvalue weighted by atomic mass is 10.2. The molecule has 2 heterocycles. The summed E-state index contributed by atoms with van der Waals surface area (Å²) in [6.45, 7) is 2.46. The fraction of sp³-hybridized carbons (Fsp3) is 0.500. The Bertz CT molecular complexity index is 914. The molecule has 0 aliphatic rings. The van der Waals surface area contributed by atoms with Crippen LogP contribution in [0.15, 0.2) is 41.8 Å². The molecule has 0 aliphatic heterocycles. The molecule has 31 heavy (non-hydrogen) atoms. The van der Waals surface area contributed by atoms with Gasteiger partial charge in [-0.05, 0) is 43.5 Å². The van der Waals surface area contributed by atoms with Gasteiger partial charge < -0.3 is 18.8 Å². The third-order valence-electron chi connectivity index (χ3n) is 4.91. The van der Waals surface area contributed by atoms with E-state index in [0.717, 1.165) is 61.1 Å². The summed E-state index contributed by atoms with van der Waals surface area (Å²) < 4.78 is 20.2. The maximum atomic E-state index is 5.46. The normalized spacial score (nSPS) is 11.1. The van der Waals surface area contributed by atoms with Crippen LogP contribution in [0.25, 0.3) is 11.4 Å². The number of nitrogens with zero attached hydrogens (tertiary/aromatic N) is 5. The van der Waals surface area contributed by atoms with Gasteiger partial charge in [0.1, 0.15) is 0 Å². The van der Waals surface area contributed by atoms with Crippen LogP contribution in [-0.2, 0) is 17.8 Å². The zero-order valence-electron chi connectivity index (χ0n) is 18.5. The second kappa shape index (κ2) is 12.4. The number of ether oxygens (including phenoxy) is 3. The smallest absolute Gasteiger partial charge is 0.191 e.